The van der Waals surface area contributed by atoms with Gasteiger partial charge in [0, 0.05) is 18.3 Å². The Morgan fingerprint density at radius 2 is 2.32 bits per heavy atom. The van der Waals surface area contributed by atoms with E-state index in [1.54, 1.807) is 18.2 Å². The highest BCUT2D eigenvalue weighted by atomic mass is 16.5. The Hall–Kier alpha value is -1.75. The minimum atomic E-state index is -0.215. The molecule has 0 saturated heterocycles. The molecule has 2 atom stereocenters. The molecular weight excluding hydrogens is 244 g/mol. The number of anilines is 1. The van der Waals surface area contributed by atoms with Gasteiger partial charge in [0.15, 0.2) is 0 Å². The molecule has 1 amide bonds. The summed E-state index contributed by atoms with van der Waals surface area (Å²) < 4.78 is 5.16. The number of hydrogen-bond acceptors (Lipinski definition) is 4. The molecule has 0 radical (unpaired) electrons. The summed E-state index contributed by atoms with van der Waals surface area (Å²) in [5, 5.41) is 12.3. The highest BCUT2D eigenvalue weighted by molar-refractivity contribution is 5.97. The fourth-order valence-electron chi connectivity index (χ4n) is 2.46. The van der Waals surface area contributed by atoms with Gasteiger partial charge < -0.3 is 20.9 Å². The number of aliphatic hydroxyl groups excluding tert-OH is 1. The zero-order chi connectivity index (χ0) is 13.8. The molecular formula is C14H20N2O3. The summed E-state index contributed by atoms with van der Waals surface area (Å²) in [6.45, 7) is 0.587. The molecule has 5 heteroatoms. The van der Waals surface area contributed by atoms with Crippen LogP contribution in [0.5, 0.6) is 5.75 Å². The Morgan fingerprint density at radius 1 is 1.53 bits per heavy atom. The number of nitrogens with two attached hydrogens (primary N) is 1. The number of amides is 1. The van der Waals surface area contributed by atoms with Gasteiger partial charge in [0.2, 0.25) is 0 Å². The molecule has 1 saturated carbocycles. The summed E-state index contributed by atoms with van der Waals surface area (Å²) >= 11 is 0. The van der Waals surface area contributed by atoms with Crippen LogP contribution in [0.1, 0.15) is 29.6 Å². The zero-order valence-electron chi connectivity index (χ0n) is 11.1. The van der Waals surface area contributed by atoms with Crippen LogP contribution >= 0.6 is 0 Å². The highest BCUT2D eigenvalue weighted by Crippen LogP contribution is 2.25. The number of hydrogen-bond donors (Lipinski definition) is 3. The minimum absolute atomic E-state index is 0.168. The molecule has 19 heavy (non-hydrogen) atoms. The van der Waals surface area contributed by atoms with E-state index in [9.17, 15) is 9.90 Å². The third-order valence-electron chi connectivity index (χ3n) is 3.54. The lowest BCUT2D eigenvalue weighted by Gasteiger charge is -2.13. The van der Waals surface area contributed by atoms with E-state index < -0.39 is 0 Å². The number of nitrogens with one attached hydrogen (secondary N) is 1. The number of rotatable bonds is 4. The van der Waals surface area contributed by atoms with Gasteiger partial charge in [-0.2, -0.15) is 0 Å². The second-order valence-electron chi connectivity index (χ2n) is 5.00. The Morgan fingerprint density at radius 3 is 2.95 bits per heavy atom. The summed E-state index contributed by atoms with van der Waals surface area (Å²) in [5.74, 6) is 0.668. The number of aliphatic hydroxyl groups is 1. The lowest BCUT2D eigenvalue weighted by molar-refractivity contribution is 0.0942. The normalized spacial score (nSPS) is 22.2. The summed E-state index contributed by atoms with van der Waals surface area (Å²) in [5.41, 5.74) is 6.70. The number of methoxy groups -OCH3 is 1. The summed E-state index contributed by atoms with van der Waals surface area (Å²) in [4.78, 5) is 12.1. The van der Waals surface area contributed by atoms with Gasteiger partial charge >= 0.3 is 0 Å². The molecule has 0 spiro atoms. The number of nitrogen functional groups attached to an aromatic ring is 1. The van der Waals surface area contributed by atoms with Gasteiger partial charge in [0.1, 0.15) is 5.75 Å². The highest BCUT2D eigenvalue weighted by Gasteiger charge is 2.23. The summed E-state index contributed by atoms with van der Waals surface area (Å²) in [6, 6.07) is 4.97. The number of carbonyl (C=O) groups is 1. The van der Waals surface area contributed by atoms with Crippen molar-refractivity contribution in [3.8, 4) is 5.75 Å². The average Bonchev–Trinajstić information content (AvgIpc) is 2.81. The average molecular weight is 264 g/mol. The Bertz CT molecular complexity index is 462. The Labute approximate surface area is 112 Å². The van der Waals surface area contributed by atoms with E-state index in [-0.39, 0.29) is 12.0 Å². The fourth-order valence-corrected chi connectivity index (χ4v) is 2.46. The van der Waals surface area contributed by atoms with Crippen LogP contribution in [-0.2, 0) is 0 Å². The smallest absolute Gasteiger partial charge is 0.255 e. The molecule has 1 fully saturated rings. The number of carbonyl (C=O) groups excluding carboxylic acids is 1. The lowest BCUT2D eigenvalue weighted by Crippen LogP contribution is -2.29. The first-order valence-corrected chi connectivity index (χ1v) is 6.50. The molecule has 1 aliphatic rings. The van der Waals surface area contributed by atoms with Crippen molar-refractivity contribution >= 4 is 11.6 Å². The van der Waals surface area contributed by atoms with Crippen molar-refractivity contribution in [2.75, 3.05) is 19.4 Å². The quantitative estimate of drug-likeness (QED) is 0.713. The number of benzene rings is 1. The predicted molar refractivity (Wildman–Crippen MR) is 73.1 cm³/mol. The van der Waals surface area contributed by atoms with Gasteiger partial charge in [-0.15, -0.1) is 0 Å². The van der Waals surface area contributed by atoms with Crippen molar-refractivity contribution in [2.24, 2.45) is 5.92 Å². The maximum absolute atomic E-state index is 12.1. The topological polar surface area (TPSA) is 84.6 Å². The van der Waals surface area contributed by atoms with Crippen molar-refractivity contribution in [1.82, 2.24) is 5.32 Å². The first-order chi connectivity index (χ1) is 9.10. The standard InChI is InChI=1S/C14H20N2O3/c1-19-13-7-10(15)3-5-12(13)14(18)16-8-9-2-4-11(17)6-9/h3,5,7,9,11,17H,2,4,6,8,15H2,1H3,(H,16,18). The van der Waals surface area contributed by atoms with Gasteiger partial charge in [-0.1, -0.05) is 0 Å². The molecule has 4 N–H and O–H groups in total. The molecule has 2 rings (SSSR count). The van der Waals surface area contributed by atoms with Crippen molar-refractivity contribution in [2.45, 2.75) is 25.4 Å². The predicted octanol–water partition coefficient (Wildman–Crippen LogP) is 1.17. The van der Waals surface area contributed by atoms with Crippen LogP contribution in [0.25, 0.3) is 0 Å². The summed E-state index contributed by atoms with van der Waals surface area (Å²) in [7, 11) is 1.51. The van der Waals surface area contributed by atoms with Crippen LogP contribution in [0.15, 0.2) is 18.2 Å². The zero-order valence-corrected chi connectivity index (χ0v) is 11.1. The third-order valence-corrected chi connectivity index (χ3v) is 3.54. The van der Waals surface area contributed by atoms with Crippen LogP contribution in [0.3, 0.4) is 0 Å². The monoisotopic (exact) mass is 264 g/mol. The van der Waals surface area contributed by atoms with E-state index in [1.807, 2.05) is 0 Å². The van der Waals surface area contributed by atoms with E-state index in [0.717, 1.165) is 19.3 Å². The van der Waals surface area contributed by atoms with Crippen molar-refractivity contribution in [3.05, 3.63) is 23.8 Å². The van der Waals surface area contributed by atoms with Crippen LogP contribution in [0.4, 0.5) is 5.69 Å². The van der Waals surface area contributed by atoms with Crippen LogP contribution in [0.2, 0.25) is 0 Å². The largest absolute Gasteiger partial charge is 0.496 e. The van der Waals surface area contributed by atoms with E-state index in [1.165, 1.54) is 7.11 Å². The fraction of sp³-hybridized carbons (Fsp3) is 0.500. The van der Waals surface area contributed by atoms with Crippen LogP contribution in [0, 0.1) is 5.92 Å². The molecule has 0 aromatic heterocycles. The first-order valence-electron chi connectivity index (χ1n) is 6.50. The van der Waals surface area contributed by atoms with Gasteiger partial charge in [-0.25, -0.2) is 0 Å². The van der Waals surface area contributed by atoms with E-state index in [2.05, 4.69) is 5.32 Å². The Balaban J connectivity index is 1.96. The van der Waals surface area contributed by atoms with Crippen LogP contribution < -0.4 is 15.8 Å². The molecule has 0 heterocycles. The lowest BCUT2D eigenvalue weighted by atomic mass is 10.1. The van der Waals surface area contributed by atoms with Crippen molar-refractivity contribution < 1.29 is 14.6 Å². The maximum Gasteiger partial charge on any atom is 0.255 e. The molecule has 1 aromatic carbocycles. The number of ether oxygens (including phenoxy) is 1. The second-order valence-corrected chi connectivity index (χ2v) is 5.00. The van der Waals surface area contributed by atoms with Crippen molar-refractivity contribution in [3.63, 3.8) is 0 Å². The van der Waals surface area contributed by atoms with E-state index in [0.29, 0.717) is 29.5 Å². The SMILES string of the molecule is COc1cc(N)ccc1C(=O)NCC1CCC(O)C1. The molecule has 1 aliphatic carbocycles. The van der Waals surface area contributed by atoms with E-state index >= 15 is 0 Å². The molecule has 0 aliphatic heterocycles. The van der Waals surface area contributed by atoms with Gasteiger partial charge in [0.05, 0.1) is 18.8 Å². The summed E-state index contributed by atoms with van der Waals surface area (Å²) in [6.07, 6.45) is 2.33. The molecule has 2 unspecified atom stereocenters. The third kappa shape index (κ3) is 3.38. The van der Waals surface area contributed by atoms with Crippen molar-refractivity contribution in [1.29, 1.82) is 0 Å². The van der Waals surface area contributed by atoms with Gasteiger partial charge in [-0.05, 0) is 37.3 Å². The first kappa shape index (κ1) is 13.7. The van der Waals surface area contributed by atoms with E-state index in [4.69, 9.17) is 10.5 Å². The van der Waals surface area contributed by atoms with Gasteiger partial charge in [0.25, 0.3) is 5.91 Å². The molecule has 5 nitrogen and oxygen atoms in total. The second kappa shape index (κ2) is 5.93. The maximum atomic E-state index is 12.1. The minimum Gasteiger partial charge on any atom is -0.496 e. The molecule has 104 valence electrons. The molecule has 0 bridgehead atoms. The van der Waals surface area contributed by atoms with Gasteiger partial charge in [-0.3, -0.25) is 4.79 Å². The Kier molecular flexibility index (Phi) is 4.27. The van der Waals surface area contributed by atoms with Crippen LogP contribution in [-0.4, -0.2) is 30.8 Å². The molecule has 1 aromatic rings.